The van der Waals surface area contributed by atoms with Crippen LogP contribution in [0, 0.1) is 0 Å². The fourth-order valence-electron chi connectivity index (χ4n) is 2.34. The summed E-state index contributed by atoms with van der Waals surface area (Å²) in [7, 11) is 10.8. The molecule has 0 heterocycles. The lowest BCUT2D eigenvalue weighted by molar-refractivity contribution is 0.203. The quantitative estimate of drug-likeness (QED) is 0.400. The van der Waals surface area contributed by atoms with Crippen molar-refractivity contribution in [1.82, 2.24) is 15.5 Å². The van der Waals surface area contributed by atoms with Crippen molar-refractivity contribution in [3.8, 4) is 11.5 Å². The number of nitrogens with one attached hydrogen (secondary N) is 2. The molecule has 24 heavy (non-hydrogen) atoms. The molecule has 1 aromatic carbocycles. The van der Waals surface area contributed by atoms with Gasteiger partial charge in [0, 0.05) is 27.2 Å². The Morgan fingerprint density at radius 1 is 1.12 bits per heavy atom. The van der Waals surface area contributed by atoms with Gasteiger partial charge in [-0.05, 0) is 31.8 Å². The Labute approximate surface area is 145 Å². The van der Waals surface area contributed by atoms with Gasteiger partial charge in [0.2, 0.25) is 0 Å². The first-order valence-corrected chi connectivity index (χ1v) is 7.89. The maximum atomic E-state index is 5.41. The molecule has 0 radical (unpaired) electrons. The molecular weight excluding hydrogens is 308 g/mol. The topological polar surface area (TPSA) is 67.4 Å². The Kier molecular flexibility index (Phi) is 8.96. The van der Waals surface area contributed by atoms with Crippen molar-refractivity contribution in [2.75, 3.05) is 62.2 Å². The van der Waals surface area contributed by atoms with E-state index in [1.165, 1.54) is 0 Å². The highest BCUT2D eigenvalue weighted by Crippen LogP contribution is 2.31. The molecule has 2 N–H and O–H groups in total. The third kappa shape index (κ3) is 5.90. The van der Waals surface area contributed by atoms with Crippen molar-refractivity contribution in [2.45, 2.75) is 6.04 Å². The molecule has 0 aliphatic heterocycles. The summed E-state index contributed by atoms with van der Waals surface area (Å²) in [5, 5.41) is 6.55. The monoisotopic (exact) mass is 338 g/mol. The highest BCUT2D eigenvalue weighted by Gasteiger charge is 2.17. The van der Waals surface area contributed by atoms with Crippen LogP contribution in [0.5, 0.6) is 11.5 Å². The Morgan fingerprint density at radius 2 is 1.83 bits per heavy atom. The van der Waals surface area contributed by atoms with E-state index < -0.39 is 0 Å². The molecule has 1 aromatic rings. The maximum Gasteiger partial charge on any atom is 0.191 e. The van der Waals surface area contributed by atoms with Gasteiger partial charge >= 0.3 is 0 Å². The molecule has 1 unspecified atom stereocenters. The molecule has 136 valence electrons. The molecule has 0 aliphatic carbocycles. The number of hydrogen-bond donors (Lipinski definition) is 2. The van der Waals surface area contributed by atoms with Crippen LogP contribution in [-0.2, 0) is 4.74 Å². The SMILES string of the molecule is CN=C(NCCOC)NCC(c1ccc(OC)c(OC)c1)N(C)C. The zero-order chi connectivity index (χ0) is 17.9. The highest BCUT2D eigenvalue weighted by atomic mass is 16.5. The summed E-state index contributed by atoms with van der Waals surface area (Å²) in [5.74, 6) is 2.20. The van der Waals surface area contributed by atoms with Gasteiger partial charge < -0.3 is 29.7 Å². The predicted octanol–water partition coefficient (Wildman–Crippen LogP) is 1.12. The van der Waals surface area contributed by atoms with Crippen molar-refractivity contribution < 1.29 is 14.2 Å². The van der Waals surface area contributed by atoms with Gasteiger partial charge in [0.15, 0.2) is 17.5 Å². The summed E-state index contributed by atoms with van der Waals surface area (Å²) in [6.07, 6.45) is 0. The zero-order valence-electron chi connectivity index (χ0n) is 15.5. The van der Waals surface area contributed by atoms with Crippen LogP contribution in [0.4, 0.5) is 0 Å². The van der Waals surface area contributed by atoms with E-state index in [0.29, 0.717) is 19.7 Å². The number of methoxy groups -OCH3 is 3. The number of guanidine groups is 1. The number of nitrogens with zero attached hydrogens (tertiary/aromatic N) is 2. The second-order valence-electron chi connectivity index (χ2n) is 5.47. The molecular formula is C17H30N4O3. The molecule has 0 bridgehead atoms. The number of aliphatic imine (C=N–C) groups is 1. The lowest BCUT2D eigenvalue weighted by Gasteiger charge is -2.26. The summed E-state index contributed by atoms with van der Waals surface area (Å²) in [6.45, 7) is 2.04. The lowest BCUT2D eigenvalue weighted by atomic mass is 10.1. The molecule has 0 saturated carbocycles. The summed E-state index contributed by atoms with van der Waals surface area (Å²) in [5.41, 5.74) is 1.14. The van der Waals surface area contributed by atoms with E-state index in [-0.39, 0.29) is 6.04 Å². The first-order valence-electron chi connectivity index (χ1n) is 7.89. The number of benzene rings is 1. The van der Waals surface area contributed by atoms with E-state index in [2.05, 4.69) is 26.6 Å². The van der Waals surface area contributed by atoms with Crippen LogP contribution in [0.25, 0.3) is 0 Å². The largest absolute Gasteiger partial charge is 0.493 e. The molecule has 0 saturated heterocycles. The number of likely N-dealkylation sites (N-methyl/N-ethyl adjacent to an activating group) is 1. The molecule has 0 spiro atoms. The Hall–Kier alpha value is -1.99. The molecule has 0 aromatic heterocycles. The molecule has 0 aliphatic rings. The molecule has 7 nitrogen and oxygen atoms in total. The minimum Gasteiger partial charge on any atom is -0.493 e. The van der Waals surface area contributed by atoms with E-state index in [1.54, 1.807) is 28.4 Å². The third-order valence-corrected chi connectivity index (χ3v) is 3.70. The van der Waals surface area contributed by atoms with Crippen molar-refractivity contribution in [3.05, 3.63) is 23.8 Å². The van der Waals surface area contributed by atoms with Gasteiger partial charge in [0.05, 0.1) is 26.9 Å². The summed E-state index contributed by atoms with van der Waals surface area (Å²) in [4.78, 5) is 6.37. The minimum absolute atomic E-state index is 0.158. The fourth-order valence-corrected chi connectivity index (χ4v) is 2.34. The van der Waals surface area contributed by atoms with E-state index in [9.17, 15) is 0 Å². The molecule has 0 fully saturated rings. The average Bonchev–Trinajstić information content (AvgIpc) is 2.59. The fraction of sp³-hybridized carbons (Fsp3) is 0.588. The van der Waals surface area contributed by atoms with Crippen LogP contribution < -0.4 is 20.1 Å². The molecule has 1 rings (SSSR count). The smallest absolute Gasteiger partial charge is 0.191 e. The Morgan fingerprint density at radius 3 is 2.38 bits per heavy atom. The maximum absolute atomic E-state index is 5.41. The van der Waals surface area contributed by atoms with E-state index >= 15 is 0 Å². The zero-order valence-corrected chi connectivity index (χ0v) is 15.5. The average molecular weight is 338 g/mol. The summed E-state index contributed by atoms with van der Waals surface area (Å²) < 4.78 is 15.7. The van der Waals surface area contributed by atoms with Gasteiger partial charge in [0.25, 0.3) is 0 Å². The van der Waals surface area contributed by atoms with Gasteiger partial charge in [-0.3, -0.25) is 4.99 Å². The minimum atomic E-state index is 0.158. The first kappa shape index (κ1) is 20.1. The van der Waals surface area contributed by atoms with Gasteiger partial charge in [0.1, 0.15) is 0 Å². The van der Waals surface area contributed by atoms with Crippen LogP contribution in [0.1, 0.15) is 11.6 Å². The Balaban J connectivity index is 2.80. The summed E-state index contributed by atoms with van der Waals surface area (Å²) in [6, 6.07) is 6.14. The lowest BCUT2D eigenvalue weighted by Crippen LogP contribution is -2.42. The standard InChI is InChI=1S/C17H30N4O3/c1-18-17(19-9-10-22-4)20-12-14(21(2)3)13-7-8-15(23-5)16(11-13)24-6/h7-8,11,14H,9-10,12H2,1-6H3,(H2,18,19,20). The van der Waals surface area contributed by atoms with Gasteiger partial charge in [-0.25, -0.2) is 0 Å². The molecule has 7 heteroatoms. The second kappa shape index (κ2) is 10.7. The number of rotatable bonds is 9. The van der Waals surface area contributed by atoms with Crippen LogP contribution >= 0.6 is 0 Å². The van der Waals surface area contributed by atoms with Crippen LogP contribution in [0.3, 0.4) is 0 Å². The second-order valence-corrected chi connectivity index (χ2v) is 5.47. The summed E-state index contributed by atoms with van der Waals surface area (Å²) >= 11 is 0. The number of hydrogen-bond acceptors (Lipinski definition) is 5. The van der Waals surface area contributed by atoms with Crippen molar-refractivity contribution in [3.63, 3.8) is 0 Å². The van der Waals surface area contributed by atoms with Crippen molar-refractivity contribution in [2.24, 2.45) is 4.99 Å². The third-order valence-electron chi connectivity index (χ3n) is 3.70. The normalized spacial score (nSPS) is 12.9. The van der Waals surface area contributed by atoms with Gasteiger partial charge in [-0.15, -0.1) is 0 Å². The van der Waals surface area contributed by atoms with Crippen molar-refractivity contribution >= 4 is 5.96 Å². The van der Waals surface area contributed by atoms with Crippen LogP contribution in [0.2, 0.25) is 0 Å². The Bertz CT molecular complexity index is 521. The predicted molar refractivity (Wildman–Crippen MR) is 97.2 cm³/mol. The highest BCUT2D eigenvalue weighted by molar-refractivity contribution is 5.79. The van der Waals surface area contributed by atoms with E-state index in [0.717, 1.165) is 23.0 Å². The van der Waals surface area contributed by atoms with Crippen LogP contribution in [0.15, 0.2) is 23.2 Å². The first-order chi connectivity index (χ1) is 11.6. The van der Waals surface area contributed by atoms with Gasteiger partial charge in [-0.1, -0.05) is 6.07 Å². The van der Waals surface area contributed by atoms with Gasteiger partial charge in [-0.2, -0.15) is 0 Å². The van der Waals surface area contributed by atoms with E-state index in [1.807, 2.05) is 26.2 Å². The van der Waals surface area contributed by atoms with Crippen molar-refractivity contribution in [1.29, 1.82) is 0 Å². The van der Waals surface area contributed by atoms with E-state index in [4.69, 9.17) is 14.2 Å². The molecule has 0 amide bonds. The van der Waals surface area contributed by atoms with Crippen LogP contribution in [-0.4, -0.2) is 73.0 Å². The number of ether oxygens (including phenoxy) is 3. The molecule has 1 atom stereocenters.